The van der Waals surface area contributed by atoms with Crippen LogP contribution < -0.4 is 5.32 Å². The zero-order chi connectivity index (χ0) is 13.3. The quantitative estimate of drug-likeness (QED) is 0.811. The van der Waals surface area contributed by atoms with Crippen LogP contribution in [0, 0.1) is 11.3 Å². The molecule has 106 valence electrons. The van der Waals surface area contributed by atoms with Gasteiger partial charge >= 0.3 is 0 Å². The van der Waals surface area contributed by atoms with Gasteiger partial charge in [0.25, 0.3) is 0 Å². The van der Waals surface area contributed by atoms with Crippen molar-refractivity contribution >= 4 is 0 Å². The van der Waals surface area contributed by atoms with Gasteiger partial charge in [0.1, 0.15) is 0 Å². The number of piperidine rings is 1. The molecule has 0 amide bonds. The Morgan fingerprint density at radius 1 is 1.11 bits per heavy atom. The Kier molecular flexibility index (Phi) is 4.38. The minimum Gasteiger partial charge on any atom is -0.315 e. The molecular weight excluding hydrogens is 220 g/mol. The zero-order valence-corrected chi connectivity index (χ0v) is 13.0. The van der Waals surface area contributed by atoms with Gasteiger partial charge < -0.3 is 5.32 Å². The summed E-state index contributed by atoms with van der Waals surface area (Å²) in [5.41, 5.74) is 0.443. The lowest BCUT2D eigenvalue weighted by atomic mass is 9.69. The van der Waals surface area contributed by atoms with Crippen LogP contribution in [0.5, 0.6) is 0 Å². The molecule has 2 nitrogen and oxygen atoms in total. The van der Waals surface area contributed by atoms with E-state index in [1.54, 1.807) is 0 Å². The molecule has 2 heteroatoms. The number of nitrogens with zero attached hydrogens (tertiary/aromatic N) is 1. The Morgan fingerprint density at radius 2 is 1.83 bits per heavy atom. The smallest absolute Gasteiger partial charge is 0.0271 e. The lowest BCUT2D eigenvalue weighted by Crippen LogP contribution is -2.61. The molecular formula is C16H32N2. The van der Waals surface area contributed by atoms with Crippen LogP contribution in [0.4, 0.5) is 0 Å². The maximum Gasteiger partial charge on any atom is 0.0271 e. The van der Waals surface area contributed by atoms with E-state index in [4.69, 9.17) is 0 Å². The lowest BCUT2D eigenvalue weighted by molar-refractivity contribution is 0.00172. The highest BCUT2D eigenvalue weighted by Gasteiger charge is 2.42. The van der Waals surface area contributed by atoms with E-state index >= 15 is 0 Å². The number of rotatable bonds is 2. The number of hydrogen-bond donors (Lipinski definition) is 1. The Hall–Kier alpha value is -0.0800. The molecule has 0 bridgehead atoms. The summed E-state index contributed by atoms with van der Waals surface area (Å²) < 4.78 is 0. The average molecular weight is 252 g/mol. The fourth-order valence-electron chi connectivity index (χ4n) is 4.34. The third kappa shape index (κ3) is 2.75. The molecule has 4 atom stereocenters. The van der Waals surface area contributed by atoms with Crippen LogP contribution in [0.3, 0.4) is 0 Å². The molecule has 2 rings (SSSR count). The molecule has 1 saturated heterocycles. The maximum absolute atomic E-state index is 3.64. The molecule has 0 radical (unpaired) electrons. The monoisotopic (exact) mass is 252 g/mol. The summed E-state index contributed by atoms with van der Waals surface area (Å²) in [5, 5.41) is 3.64. The summed E-state index contributed by atoms with van der Waals surface area (Å²) in [6.07, 6.45) is 6.94. The minimum absolute atomic E-state index is 0.443. The van der Waals surface area contributed by atoms with Gasteiger partial charge in [0.15, 0.2) is 0 Å². The maximum atomic E-state index is 3.64. The molecule has 0 aromatic rings. The second-order valence-electron chi connectivity index (χ2n) is 7.44. The van der Waals surface area contributed by atoms with Gasteiger partial charge in [-0.15, -0.1) is 0 Å². The molecule has 4 unspecified atom stereocenters. The van der Waals surface area contributed by atoms with Crippen LogP contribution in [-0.4, -0.2) is 36.6 Å². The van der Waals surface area contributed by atoms with Gasteiger partial charge in [-0.3, -0.25) is 4.90 Å². The molecule has 0 aromatic carbocycles. The van der Waals surface area contributed by atoms with Crippen molar-refractivity contribution in [3.8, 4) is 0 Å². The van der Waals surface area contributed by atoms with Gasteiger partial charge in [-0.25, -0.2) is 0 Å². The van der Waals surface area contributed by atoms with Crippen molar-refractivity contribution in [2.75, 3.05) is 13.6 Å². The van der Waals surface area contributed by atoms with E-state index in [2.05, 4.69) is 45.0 Å². The largest absolute Gasteiger partial charge is 0.315 e. The Balaban J connectivity index is 2.14. The second-order valence-corrected chi connectivity index (χ2v) is 7.44. The van der Waals surface area contributed by atoms with E-state index in [1.807, 2.05) is 0 Å². The predicted octanol–water partition coefficient (Wildman–Crippen LogP) is 3.27. The third-order valence-electron chi connectivity index (χ3n) is 5.45. The molecule has 2 aliphatic rings. The summed E-state index contributed by atoms with van der Waals surface area (Å²) in [6.45, 7) is 11.0. The van der Waals surface area contributed by atoms with Gasteiger partial charge in [-0.1, -0.05) is 27.2 Å². The van der Waals surface area contributed by atoms with Gasteiger partial charge in [-0.05, 0) is 51.0 Å². The zero-order valence-electron chi connectivity index (χ0n) is 13.0. The van der Waals surface area contributed by atoms with Crippen molar-refractivity contribution < 1.29 is 0 Å². The van der Waals surface area contributed by atoms with Crippen LogP contribution in [0.15, 0.2) is 0 Å². The van der Waals surface area contributed by atoms with Crippen LogP contribution in [-0.2, 0) is 0 Å². The van der Waals surface area contributed by atoms with Crippen molar-refractivity contribution in [1.82, 2.24) is 10.2 Å². The predicted molar refractivity (Wildman–Crippen MR) is 78.8 cm³/mol. The topological polar surface area (TPSA) is 15.3 Å². The molecule has 1 heterocycles. The van der Waals surface area contributed by atoms with E-state index < -0.39 is 0 Å². The number of likely N-dealkylation sites (N-methyl/N-ethyl adjacent to an activating group) is 1. The van der Waals surface area contributed by atoms with Gasteiger partial charge in [0, 0.05) is 24.7 Å². The molecule has 0 spiro atoms. The molecule has 1 aliphatic heterocycles. The SMILES string of the molecule is CNC1C(N2CC(C)CCC2C)CCCC1(C)C. The van der Waals surface area contributed by atoms with Crippen LogP contribution in [0.25, 0.3) is 0 Å². The summed E-state index contributed by atoms with van der Waals surface area (Å²) in [7, 11) is 2.16. The summed E-state index contributed by atoms with van der Waals surface area (Å²) in [5.74, 6) is 0.878. The van der Waals surface area contributed by atoms with Crippen molar-refractivity contribution in [2.24, 2.45) is 11.3 Å². The average Bonchev–Trinajstić information content (AvgIpc) is 2.31. The first-order valence-electron chi connectivity index (χ1n) is 7.88. The molecule has 0 aromatic heterocycles. The van der Waals surface area contributed by atoms with Gasteiger partial charge in [-0.2, -0.15) is 0 Å². The first kappa shape index (κ1) is 14.3. The lowest BCUT2D eigenvalue weighted by Gasteiger charge is -2.52. The Labute approximate surface area is 114 Å². The number of likely N-dealkylation sites (tertiary alicyclic amines) is 1. The van der Waals surface area contributed by atoms with E-state index in [9.17, 15) is 0 Å². The normalized spacial score (nSPS) is 41.8. The highest BCUT2D eigenvalue weighted by atomic mass is 15.2. The summed E-state index contributed by atoms with van der Waals surface area (Å²) >= 11 is 0. The highest BCUT2D eigenvalue weighted by Crippen LogP contribution is 2.39. The van der Waals surface area contributed by atoms with E-state index in [0.717, 1.165) is 18.0 Å². The third-order valence-corrected chi connectivity index (χ3v) is 5.45. The first-order valence-corrected chi connectivity index (χ1v) is 7.88. The van der Waals surface area contributed by atoms with E-state index in [0.29, 0.717) is 11.5 Å². The first-order chi connectivity index (χ1) is 8.45. The molecule has 1 saturated carbocycles. The van der Waals surface area contributed by atoms with E-state index in [1.165, 1.54) is 38.6 Å². The number of hydrogen-bond acceptors (Lipinski definition) is 2. The molecule has 18 heavy (non-hydrogen) atoms. The van der Waals surface area contributed by atoms with Crippen molar-refractivity contribution in [2.45, 2.75) is 77.9 Å². The molecule has 2 fully saturated rings. The number of nitrogens with one attached hydrogen (secondary N) is 1. The summed E-state index contributed by atoms with van der Waals surface area (Å²) in [6, 6.07) is 2.17. The van der Waals surface area contributed by atoms with Crippen LogP contribution in [0.1, 0.15) is 59.8 Å². The Bertz CT molecular complexity index is 274. The van der Waals surface area contributed by atoms with Gasteiger partial charge in [0.05, 0.1) is 0 Å². The van der Waals surface area contributed by atoms with Crippen molar-refractivity contribution in [1.29, 1.82) is 0 Å². The van der Waals surface area contributed by atoms with Crippen LogP contribution in [0.2, 0.25) is 0 Å². The van der Waals surface area contributed by atoms with Gasteiger partial charge in [0.2, 0.25) is 0 Å². The minimum atomic E-state index is 0.443. The van der Waals surface area contributed by atoms with Crippen LogP contribution >= 0.6 is 0 Å². The Morgan fingerprint density at radius 3 is 2.50 bits per heavy atom. The highest BCUT2D eigenvalue weighted by molar-refractivity contribution is 4.99. The molecule has 1 aliphatic carbocycles. The standard InChI is InChI=1S/C16H32N2/c1-12-8-9-13(2)18(11-12)14-7-6-10-16(3,4)15(14)17-5/h12-15,17H,6-11H2,1-5H3. The second kappa shape index (κ2) is 5.50. The van der Waals surface area contributed by atoms with Crippen molar-refractivity contribution in [3.63, 3.8) is 0 Å². The van der Waals surface area contributed by atoms with Crippen molar-refractivity contribution in [3.05, 3.63) is 0 Å². The van der Waals surface area contributed by atoms with E-state index in [-0.39, 0.29) is 0 Å². The molecule has 1 N–H and O–H groups in total. The fourth-order valence-corrected chi connectivity index (χ4v) is 4.34. The summed E-state index contributed by atoms with van der Waals surface area (Å²) in [4.78, 5) is 2.82. The fraction of sp³-hybridized carbons (Fsp3) is 1.00.